The van der Waals surface area contributed by atoms with Crippen LogP contribution in [0.4, 0.5) is 0 Å². The van der Waals surface area contributed by atoms with Gasteiger partial charge in [0.1, 0.15) is 6.04 Å². The van der Waals surface area contributed by atoms with Gasteiger partial charge in [-0.2, -0.15) is 0 Å². The molecule has 4 heteroatoms. The fourth-order valence-corrected chi connectivity index (χ4v) is 3.20. The van der Waals surface area contributed by atoms with E-state index in [1.165, 1.54) is 7.11 Å². The van der Waals surface area contributed by atoms with E-state index >= 15 is 0 Å². The van der Waals surface area contributed by atoms with Crippen molar-refractivity contribution in [1.82, 2.24) is 5.32 Å². The quantitative estimate of drug-likeness (QED) is 0.842. The summed E-state index contributed by atoms with van der Waals surface area (Å²) in [6.07, 6.45) is 3.60. The molecule has 0 bridgehead atoms. The lowest BCUT2D eigenvalue weighted by Crippen LogP contribution is -2.31. The summed E-state index contributed by atoms with van der Waals surface area (Å²) in [5.74, 6) is 0.535. The van der Waals surface area contributed by atoms with Crippen molar-refractivity contribution in [2.45, 2.75) is 6.04 Å². The Morgan fingerprint density at radius 1 is 1.24 bits per heavy atom. The van der Waals surface area contributed by atoms with E-state index in [0.29, 0.717) is 11.3 Å². The van der Waals surface area contributed by atoms with E-state index in [1.54, 1.807) is 12.3 Å². The molecule has 21 heavy (non-hydrogen) atoms. The second-order valence-electron chi connectivity index (χ2n) is 5.15. The van der Waals surface area contributed by atoms with Crippen molar-refractivity contribution in [2.24, 2.45) is 0 Å². The zero-order chi connectivity index (χ0) is 14.6. The number of rotatable bonds is 1. The predicted molar refractivity (Wildman–Crippen MR) is 79.3 cm³/mol. The number of hydrogen-bond acceptors (Lipinski definition) is 4. The Labute approximate surface area is 121 Å². The molecule has 1 aliphatic carbocycles. The van der Waals surface area contributed by atoms with Crippen LogP contribution in [0.1, 0.15) is 27.5 Å². The van der Waals surface area contributed by atoms with Gasteiger partial charge >= 0.3 is 0 Å². The molecule has 0 amide bonds. The highest BCUT2D eigenvalue weighted by Gasteiger charge is 2.37. The van der Waals surface area contributed by atoms with Crippen molar-refractivity contribution in [1.29, 1.82) is 0 Å². The maximum absolute atomic E-state index is 12.7. The van der Waals surface area contributed by atoms with E-state index in [2.05, 4.69) is 5.32 Å². The number of ketones is 1. The van der Waals surface area contributed by atoms with Crippen molar-refractivity contribution < 1.29 is 14.6 Å². The third kappa shape index (κ3) is 1.47. The Morgan fingerprint density at radius 2 is 2.00 bits per heavy atom. The normalized spacial score (nSPS) is 17.8. The van der Waals surface area contributed by atoms with Crippen molar-refractivity contribution in [3.8, 4) is 22.6 Å². The van der Waals surface area contributed by atoms with Gasteiger partial charge in [0.2, 0.25) is 0 Å². The number of phenolic OH excluding ortho intramolecular Hbond substituents is 1. The fraction of sp³-hybridized carbons (Fsp3) is 0.118. The molecule has 4 nitrogen and oxygen atoms in total. The highest BCUT2D eigenvalue weighted by molar-refractivity contribution is 6.12. The molecule has 0 fully saturated rings. The molecule has 2 N–H and O–H groups in total. The maximum Gasteiger partial charge on any atom is 0.190 e. The SMILES string of the molecule is COc1c(O)cc2c3c1-c1ccccc1C(=O)[C@H]3NC=C2. The summed E-state index contributed by atoms with van der Waals surface area (Å²) in [4.78, 5) is 12.7. The van der Waals surface area contributed by atoms with Crippen molar-refractivity contribution in [2.75, 3.05) is 7.11 Å². The number of fused-ring (bicyclic) bond motifs is 2. The number of phenols is 1. The van der Waals surface area contributed by atoms with E-state index in [0.717, 1.165) is 22.3 Å². The Hall–Kier alpha value is -2.75. The number of hydrogen-bond donors (Lipinski definition) is 2. The van der Waals surface area contributed by atoms with Gasteiger partial charge in [0.05, 0.1) is 7.11 Å². The molecule has 0 unspecified atom stereocenters. The van der Waals surface area contributed by atoms with Crippen LogP contribution in [0.5, 0.6) is 11.5 Å². The molecule has 4 rings (SSSR count). The summed E-state index contributed by atoms with van der Waals surface area (Å²) >= 11 is 0. The minimum Gasteiger partial charge on any atom is -0.504 e. The molecule has 104 valence electrons. The van der Waals surface area contributed by atoms with Gasteiger partial charge in [-0.25, -0.2) is 0 Å². The molecule has 1 heterocycles. The molecule has 0 aromatic heterocycles. The number of carbonyl (C=O) groups is 1. The Morgan fingerprint density at radius 3 is 2.76 bits per heavy atom. The molecular formula is C17H13NO3. The molecule has 2 aromatic carbocycles. The maximum atomic E-state index is 12.7. The van der Waals surface area contributed by atoms with Crippen LogP contribution >= 0.6 is 0 Å². The smallest absolute Gasteiger partial charge is 0.190 e. The van der Waals surface area contributed by atoms with E-state index in [4.69, 9.17) is 4.74 Å². The summed E-state index contributed by atoms with van der Waals surface area (Å²) in [6.45, 7) is 0. The van der Waals surface area contributed by atoms with Crippen LogP contribution in [0.25, 0.3) is 17.2 Å². The van der Waals surface area contributed by atoms with E-state index in [1.807, 2.05) is 30.3 Å². The molecule has 0 radical (unpaired) electrons. The molecule has 2 aliphatic rings. The minimum atomic E-state index is -0.426. The molecule has 0 saturated carbocycles. The van der Waals surface area contributed by atoms with Crippen LogP contribution in [-0.4, -0.2) is 18.0 Å². The number of carbonyl (C=O) groups excluding carboxylic acids is 1. The van der Waals surface area contributed by atoms with Gasteiger partial charge in [0, 0.05) is 16.7 Å². The number of nitrogens with one attached hydrogen (secondary N) is 1. The Kier molecular flexibility index (Phi) is 2.36. The molecule has 2 aromatic rings. The third-order valence-electron chi connectivity index (χ3n) is 4.07. The first-order chi connectivity index (χ1) is 10.2. The number of Topliss-reactive ketones (excluding diaryl/α,β-unsaturated/α-hetero) is 1. The molecule has 1 atom stereocenters. The van der Waals surface area contributed by atoms with Crippen molar-refractivity contribution in [3.63, 3.8) is 0 Å². The van der Waals surface area contributed by atoms with Gasteiger partial charge in [-0.05, 0) is 29.5 Å². The average Bonchev–Trinajstić information content (AvgIpc) is 2.51. The number of benzene rings is 2. The van der Waals surface area contributed by atoms with Crippen LogP contribution in [-0.2, 0) is 0 Å². The standard InChI is InChI=1S/C17H13NO3/c1-21-17-12(19)8-9-6-7-18-15-13(9)14(17)10-4-2-3-5-11(10)16(15)20/h2-8,15,18-19H,1H3/t15-/m0/s1. The molecule has 1 aliphatic heterocycles. The van der Waals surface area contributed by atoms with Crippen LogP contribution in [0.2, 0.25) is 0 Å². The van der Waals surface area contributed by atoms with Crippen molar-refractivity contribution in [3.05, 3.63) is 53.2 Å². The van der Waals surface area contributed by atoms with E-state index in [-0.39, 0.29) is 11.5 Å². The zero-order valence-corrected chi connectivity index (χ0v) is 11.4. The first-order valence-electron chi connectivity index (χ1n) is 6.72. The van der Waals surface area contributed by atoms with Gasteiger partial charge < -0.3 is 15.2 Å². The lowest BCUT2D eigenvalue weighted by atomic mass is 9.78. The highest BCUT2D eigenvalue weighted by atomic mass is 16.5. The molecule has 0 saturated heterocycles. The van der Waals surface area contributed by atoms with Crippen molar-refractivity contribution >= 4 is 11.9 Å². The molecular weight excluding hydrogens is 266 g/mol. The summed E-state index contributed by atoms with van der Waals surface area (Å²) in [5.41, 5.74) is 3.96. The largest absolute Gasteiger partial charge is 0.504 e. The van der Waals surface area contributed by atoms with Crippen LogP contribution < -0.4 is 10.1 Å². The van der Waals surface area contributed by atoms with E-state index in [9.17, 15) is 9.90 Å². The number of methoxy groups -OCH3 is 1. The Balaban J connectivity index is 2.17. The van der Waals surface area contributed by atoms with Gasteiger partial charge in [-0.1, -0.05) is 24.3 Å². The summed E-state index contributed by atoms with van der Waals surface area (Å²) in [5, 5.41) is 13.3. The minimum absolute atomic E-state index is 0.0384. The lowest BCUT2D eigenvalue weighted by Gasteiger charge is -2.32. The van der Waals surface area contributed by atoms with Crippen LogP contribution in [0, 0.1) is 0 Å². The third-order valence-corrected chi connectivity index (χ3v) is 4.07. The van der Waals surface area contributed by atoms with E-state index < -0.39 is 6.04 Å². The second-order valence-corrected chi connectivity index (χ2v) is 5.15. The van der Waals surface area contributed by atoms with Crippen LogP contribution in [0.3, 0.4) is 0 Å². The highest BCUT2D eigenvalue weighted by Crippen LogP contribution is 2.50. The summed E-state index contributed by atoms with van der Waals surface area (Å²) in [6, 6.07) is 8.64. The fourth-order valence-electron chi connectivity index (χ4n) is 3.20. The second kappa shape index (κ2) is 4.12. The van der Waals surface area contributed by atoms with Gasteiger partial charge in [0.15, 0.2) is 17.3 Å². The summed E-state index contributed by atoms with van der Waals surface area (Å²) in [7, 11) is 1.53. The summed E-state index contributed by atoms with van der Waals surface area (Å²) < 4.78 is 5.39. The van der Waals surface area contributed by atoms with Gasteiger partial charge in [-0.3, -0.25) is 4.79 Å². The first kappa shape index (κ1) is 12.0. The monoisotopic (exact) mass is 279 g/mol. The topological polar surface area (TPSA) is 58.6 Å². The average molecular weight is 279 g/mol. The van der Waals surface area contributed by atoms with Crippen LogP contribution in [0.15, 0.2) is 36.5 Å². The number of ether oxygens (including phenoxy) is 1. The number of aromatic hydroxyl groups is 1. The lowest BCUT2D eigenvalue weighted by molar-refractivity contribution is 0.0947. The van der Waals surface area contributed by atoms with Gasteiger partial charge in [0.25, 0.3) is 0 Å². The Bertz CT molecular complexity index is 808. The van der Waals surface area contributed by atoms with Gasteiger partial charge in [-0.15, -0.1) is 0 Å². The molecule has 0 spiro atoms. The first-order valence-corrected chi connectivity index (χ1v) is 6.72. The predicted octanol–water partition coefficient (Wildman–Crippen LogP) is 2.88. The zero-order valence-electron chi connectivity index (χ0n) is 11.4.